The molecule has 4 aliphatic rings. The van der Waals surface area contributed by atoms with Gasteiger partial charge in [0.05, 0.1) is 6.10 Å². The first-order chi connectivity index (χ1) is 15.1. The van der Waals surface area contributed by atoms with Crippen molar-refractivity contribution in [2.24, 2.45) is 40.4 Å². The Morgan fingerprint density at radius 1 is 1.12 bits per heavy atom. The summed E-state index contributed by atoms with van der Waals surface area (Å²) in [6.07, 6.45) is 12.6. The number of aliphatic hydroxyl groups excluding tert-OH is 1. The summed E-state index contributed by atoms with van der Waals surface area (Å²) in [5.74, 6) is 3.58. The Kier molecular flexibility index (Phi) is 6.90. The minimum Gasteiger partial charge on any atom is -0.462 e. The molecule has 1 N–H and O–H groups in total. The fourth-order valence-corrected chi connectivity index (χ4v) is 8.86. The van der Waals surface area contributed by atoms with Gasteiger partial charge in [-0.2, -0.15) is 0 Å². The van der Waals surface area contributed by atoms with Crippen molar-refractivity contribution >= 4 is 5.97 Å². The summed E-state index contributed by atoms with van der Waals surface area (Å²) in [7, 11) is 0. The molecule has 8 atom stereocenters. The van der Waals surface area contributed by atoms with Gasteiger partial charge in [0.15, 0.2) is 0 Å². The minimum atomic E-state index is -0.268. The van der Waals surface area contributed by atoms with Crippen molar-refractivity contribution in [3.63, 3.8) is 0 Å². The fourth-order valence-electron chi connectivity index (χ4n) is 8.86. The number of ether oxygens (including phenoxy) is 1. The fraction of sp³-hybridized carbons (Fsp3) is 0.897. The lowest BCUT2D eigenvalue weighted by Crippen LogP contribution is -2.51. The van der Waals surface area contributed by atoms with Gasteiger partial charge in [-0.3, -0.25) is 4.79 Å². The molecule has 0 unspecified atom stereocenters. The van der Waals surface area contributed by atoms with Gasteiger partial charge in [0.2, 0.25) is 0 Å². The van der Waals surface area contributed by atoms with Gasteiger partial charge in [0.1, 0.15) is 6.10 Å². The molecule has 0 spiro atoms. The van der Waals surface area contributed by atoms with Crippen LogP contribution in [0.5, 0.6) is 0 Å². The molecule has 3 heteroatoms. The molecule has 3 saturated carbocycles. The number of aliphatic hydroxyl groups is 1. The maximum Gasteiger partial charge on any atom is 0.302 e. The van der Waals surface area contributed by atoms with Crippen LogP contribution in [0.4, 0.5) is 0 Å². The topological polar surface area (TPSA) is 46.5 Å². The summed E-state index contributed by atoms with van der Waals surface area (Å²) in [4.78, 5) is 12.0. The van der Waals surface area contributed by atoms with E-state index in [1.807, 2.05) is 0 Å². The normalized spacial score (nSPS) is 42.3. The van der Waals surface area contributed by atoms with Crippen molar-refractivity contribution in [2.75, 3.05) is 0 Å². The Morgan fingerprint density at radius 3 is 2.56 bits per heavy atom. The van der Waals surface area contributed by atoms with E-state index < -0.39 is 0 Å². The third-order valence-corrected chi connectivity index (χ3v) is 10.4. The van der Waals surface area contributed by atoms with Crippen LogP contribution in [-0.2, 0) is 9.53 Å². The van der Waals surface area contributed by atoms with Crippen LogP contribution in [0.3, 0.4) is 0 Å². The zero-order valence-electron chi connectivity index (χ0n) is 21.6. The largest absolute Gasteiger partial charge is 0.462 e. The van der Waals surface area contributed by atoms with Gasteiger partial charge >= 0.3 is 5.97 Å². The predicted molar refractivity (Wildman–Crippen MR) is 130 cm³/mol. The molecule has 0 aliphatic heterocycles. The summed E-state index contributed by atoms with van der Waals surface area (Å²) in [5.41, 5.74) is 3.51. The highest BCUT2D eigenvalue weighted by atomic mass is 16.5. The molecular weight excluding hydrogens is 396 g/mol. The van der Waals surface area contributed by atoms with Crippen molar-refractivity contribution in [1.29, 1.82) is 0 Å². The molecule has 0 saturated heterocycles. The van der Waals surface area contributed by atoms with E-state index in [1.165, 1.54) is 44.9 Å². The number of rotatable bonds is 6. The molecule has 3 nitrogen and oxygen atoms in total. The summed E-state index contributed by atoms with van der Waals surface area (Å²) in [6, 6.07) is 0. The third kappa shape index (κ3) is 4.21. The highest BCUT2D eigenvalue weighted by Crippen LogP contribution is 2.66. The van der Waals surface area contributed by atoms with E-state index in [4.69, 9.17) is 4.74 Å². The van der Waals surface area contributed by atoms with Crippen molar-refractivity contribution < 1.29 is 14.6 Å². The standard InChI is InChI=1S/C29H48O3/c1-18(2)8-7-9-19(3)24-12-13-26-23-16-27(32-20(4)30)29(6)17-21(31)10-11-25(29)22(23)14-15-28(24,26)5/h18-19,21,23-24,26-27,31H,7-17H2,1-6H3/t19-,21+,23-,24+,26+,27-,28-,29+/m1/s1. The van der Waals surface area contributed by atoms with Crippen LogP contribution in [0.25, 0.3) is 0 Å². The van der Waals surface area contributed by atoms with Crippen molar-refractivity contribution in [3.8, 4) is 0 Å². The highest BCUT2D eigenvalue weighted by molar-refractivity contribution is 5.66. The van der Waals surface area contributed by atoms with Crippen LogP contribution in [0, 0.1) is 40.4 Å². The summed E-state index contributed by atoms with van der Waals surface area (Å²) < 4.78 is 6.01. The summed E-state index contributed by atoms with van der Waals surface area (Å²) in [5, 5.41) is 10.5. The lowest BCUT2D eigenvalue weighted by Gasteiger charge is -2.56. The van der Waals surface area contributed by atoms with Crippen molar-refractivity contribution in [2.45, 2.75) is 124 Å². The first-order valence-electron chi connectivity index (χ1n) is 13.6. The Hall–Kier alpha value is -0.830. The minimum absolute atomic E-state index is 0.0800. The second-order valence-electron chi connectivity index (χ2n) is 12.9. The van der Waals surface area contributed by atoms with Gasteiger partial charge in [-0.05, 0) is 86.4 Å². The maximum atomic E-state index is 12.0. The van der Waals surface area contributed by atoms with E-state index in [0.717, 1.165) is 49.4 Å². The third-order valence-electron chi connectivity index (χ3n) is 10.4. The average molecular weight is 445 g/mol. The summed E-state index contributed by atoms with van der Waals surface area (Å²) in [6.45, 7) is 13.6. The molecule has 0 heterocycles. The van der Waals surface area contributed by atoms with E-state index in [-0.39, 0.29) is 23.6 Å². The van der Waals surface area contributed by atoms with Crippen LogP contribution < -0.4 is 0 Å². The van der Waals surface area contributed by atoms with Gasteiger partial charge in [-0.1, -0.05) is 65.0 Å². The molecule has 182 valence electrons. The highest BCUT2D eigenvalue weighted by Gasteiger charge is 2.58. The summed E-state index contributed by atoms with van der Waals surface area (Å²) >= 11 is 0. The zero-order chi connectivity index (χ0) is 23.3. The number of fused-ring (bicyclic) bond motifs is 4. The van der Waals surface area contributed by atoms with Gasteiger partial charge in [-0.15, -0.1) is 0 Å². The second kappa shape index (κ2) is 9.08. The van der Waals surface area contributed by atoms with Crippen molar-refractivity contribution in [3.05, 3.63) is 11.1 Å². The smallest absolute Gasteiger partial charge is 0.302 e. The average Bonchev–Trinajstić information content (AvgIpc) is 3.05. The molecule has 3 fully saturated rings. The molecule has 0 aromatic heterocycles. The molecule has 0 amide bonds. The maximum absolute atomic E-state index is 12.0. The van der Waals surface area contributed by atoms with Crippen LogP contribution in [0.2, 0.25) is 0 Å². The van der Waals surface area contributed by atoms with Gasteiger partial charge < -0.3 is 9.84 Å². The molecule has 4 rings (SSSR count). The van der Waals surface area contributed by atoms with E-state index >= 15 is 0 Å². The lowest BCUT2D eigenvalue weighted by atomic mass is 9.50. The van der Waals surface area contributed by atoms with E-state index in [2.05, 4.69) is 34.6 Å². The molecule has 0 bridgehead atoms. The SMILES string of the molecule is CC(=O)O[C@@H]1C[C@@H]2C(=C3CC[C@H](O)C[C@@]31C)CC[C@]1(C)[C@H]([C@H](C)CCCC(C)C)CC[C@@H]21. The lowest BCUT2D eigenvalue weighted by molar-refractivity contribution is -0.157. The Labute approximate surface area is 196 Å². The number of carbonyl (C=O) groups is 1. The van der Waals surface area contributed by atoms with Crippen molar-refractivity contribution in [1.82, 2.24) is 0 Å². The first kappa shape index (κ1) is 24.3. The van der Waals surface area contributed by atoms with Crippen LogP contribution in [0.15, 0.2) is 11.1 Å². The van der Waals surface area contributed by atoms with Gasteiger partial charge in [-0.25, -0.2) is 0 Å². The molecule has 4 aliphatic carbocycles. The van der Waals surface area contributed by atoms with Crippen LogP contribution in [-0.4, -0.2) is 23.3 Å². The van der Waals surface area contributed by atoms with E-state index in [9.17, 15) is 9.90 Å². The molecule has 0 radical (unpaired) electrons. The van der Waals surface area contributed by atoms with Crippen LogP contribution in [0.1, 0.15) is 112 Å². The Balaban J connectivity index is 1.59. The Bertz CT molecular complexity index is 739. The monoisotopic (exact) mass is 444 g/mol. The number of hydrogen-bond acceptors (Lipinski definition) is 3. The quantitative estimate of drug-likeness (QED) is 0.352. The number of carbonyl (C=O) groups excluding carboxylic acids is 1. The van der Waals surface area contributed by atoms with E-state index in [0.29, 0.717) is 11.3 Å². The van der Waals surface area contributed by atoms with Crippen LogP contribution >= 0.6 is 0 Å². The molecule has 0 aromatic rings. The first-order valence-corrected chi connectivity index (χ1v) is 13.6. The van der Waals surface area contributed by atoms with Gasteiger partial charge in [0.25, 0.3) is 0 Å². The molecule has 32 heavy (non-hydrogen) atoms. The number of allylic oxidation sites excluding steroid dienone is 1. The molecule has 0 aromatic carbocycles. The van der Waals surface area contributed by atoms with Gasteiger partial charge in [0, 0.05) is 12.3 Å². The number of hydrogen-bond donors (Lipinski definition) is 1. The number of esters is 1. The Morgan fingerprint density at radius 2 is 1.88 bits per heavy atom. The predicted octanol–water partition coefficient (Wildman–Crippen LogP) is 7.07. The molecular formula is C29H48O3. The second-order valence-corrected chi connectivity index (χ2v) is 12.9. The van der Waals surface area contributed by atoms with E-state index in [1.54, 1.807) is 18.1 Å². The zero-order valence-corrected chi connectivity index (χ0v) is 21.6.